The molecule has 1 heterocycles. The Morgan fingerprint density at radius 1 is 1.42 bits per heavy atom. The number of rotatable bonds is 6. The minimum atomic E-state index is -1.14. The molecular weight excluding hydrogens is 252 g/mol. The zero-order valence-corrected chi connectivity index (χ0v) is 11.0. The van der Waals surface area contributed by atoms with Gasteiger partial charge in [0.2, 0.25) is 5.91 Å². The van der Waals surface area contributed by atoms with Gasteiger partial charge in [-0.1, -0.05) is 0 Å². The summed E-state index contributed by atoms with van der Waals surface area (Å²) in [5.74, 6) is -0.739. The molecule has 0 saturated heterocycles. The van der Waals surface area contributed by atoms with Crippen molar-refractivity contribution < 1.29 is 24.2 Å². The second-order valence-electron chi connectivity index (χ2n) is 3.79. The second kappa shape index (κ2) is 6.58. The maximum Gasteiger partial charge on any atom is 0.326 e. The first-order valence-electron chi connectivity index (χ1n) is 5.55. The van der Waals surface area contributed by atoms with Crippen LogP contribution in [0.3, 0.4) is 0 Å². The Bertz CT molecular complexity index is 475. The highest BCUT2D eigenvalue weighted by Crippen LogP contribution is 2.29. The highest BCUT2D eigenvalue weighted by molar-refractivity contribution is 5.82. The van der Waals surface area contributed by atoms with Crippen LogP contribution in [-0.2, 0) is 16.0 Å². The third kappa shape index (κ3) is 3.84. The summed E-state index contributed by atoms with van der Waals surface area (Å²) in [6.07, 6.45) is 1.50. The van der Waals surface area contributed by atoms with Crippen LogP contribution in [0.15, 0.2) is 12.3 Å². The van der Waals surface area contributed by atoms with Gasteiger partial charge in [0.15, 0.2) is 11.5 Å². The van der Waals surface area contributed by atoms with E-state index in [1.54, 1.807) is 6.07 Å². The van der Waals surface area contributed by atoms with Gasteiger partial charge in [0.25, 0.3) is 0 Å². The summed E-state index contributed by atoms with van der Waals surface area (Å²) in [5.41, 5.74) is 0.406. The lowest BCUT2D eigenvalue weighted by Crippen LogP contribution is -2.41. The molecule has 7 heteroatoms. The number of methoxy groups -OCH3 is 2. The summed E-state index contributed by atoms with van der Waals surface area (Å²) < 4.78 is 10.3. The fourth-order valence-electron chi connectivity index (χ4n) is 1.63. The zero-order valence-electron chi connectivity index (χ0n) is 11.0. The molecule has 1 aromatic heterocycles. The molecule has 1 atom stereocenters. The number of nitrogens with zero attached hydrogens (tertiary/aromatic N) is 1. The molecule has 0 aliphatic heterocycles. The molecule has 0 radical (unpaired) electrons. The van der Waals surface area contributed by atoms with E-state index in [9.17, 15) is 9.59 Å². The Hall–Kier alpha value is -2.31. The van der Waals surface area contributed by atoms with Gasteiger partial charge >= 0.3 is 5.97 Å². The summed E-state index contributed by atoms with van der Waals surface area (Å²) in [6.45, 7) is 1.26. The fraction of sp³-hybridized carbons (Fsp3) is 0.417. The largest absolute Gasteiger partial charge is 0.493 e. The summed E-state index contributed by atoms with van der Waals surface area (Å²) in [4.78, 5) is 26.1. The zero-order chi connectivity index (χ0) is 14.4. The molecule has 104 valence electrons. The van der Waals surface area contributed by atoms with Crippen LogP contribution in [0.1, 0.15) is 12.6 Å². The van der Waals surface area contributed by atoms with Gasteiger partial charge in [0.05, 0.1) is 19.9 Å². The first kappa shape index (κ1) is 14.7. The van der Waals surface area contributed by atoms with Crippen LogP contribution in [0.2, 0.25) is 0 Å². The smallest absolute Gasteiger partial charge is 0.326 e. The van der Waals surface area contributed by atoms with Gasteiger partial charge in [-0.3, -0.25) is 9.78 Å². The van der Waals surface area contributed by atoms with Crippen LogP contribution in [0, 0.1) is 0 Å². The highest BCUT2D eigenvalue weighted by Gasteiger charge is 2.22. The van der Waals surface area contributed by atoms with E-state index in [1.807, 2.05) is 0 Å². The van der Waals surface area contributed by atoms with E-state index in [1.165, 1.54) is 27.3 Å². The number of amides is 1. The monoisotopic (exact) mass is 268 g/mol. The highest BCUT2D eigenvalue weighted by atomic mass is 16.5. The quantitative estimate of drug-likeness (QED) is 0.766. The Morgan fingerprint density at radius 2 is 2.11 bits per heavy atom. The third-order valence-corrected chi connectivity index (χ3v) is 2.44. The molecule has 0 saturated carbocycles. The van der Waals surface area contributed by atoms with Crippen molar-refractivity contribution in [1.82, 2.24) is 10.3 Å². The van der Waals surface area contributed by atoms with Gasteiger partial charge in [0, 0.05) is 25.6 Å². The van der Waals surface area contributed by atoms with Crippen molar-refractivity contribution in [3.8, 4) is 11.5 Å². The number of carbonyl (C=O) groups is 2. The Morgan fingerprint density at radius 3 is 2.58 bits per heavy atom. The summed E-state index contributed by atoms with van der Waals surface area (Å²) in [7, 11) is 2.92. The molecule has 7 nitrogen and oxygen atoms in total. The Labute approximate surface area is 110 Å². The van der Waals surface area contributed by atoms with E-state index in [0.717, 1.165) is 0 Å². The van der Waals surface area contributed by atoms with Gasteiger partial charge in [-0.25, -0.2) is 4.79 Å². The second-order valence-corrected chi connectivity index (χ2v) is 3.79. The van der Waals surface area contributed by atoms with E-state index in [2.05, 4.69) is 10.3 Å². The maximum absolute atomic E-state index is 11.1. The summed E-state index contributed by atoms with van der Waals surface area (Å²) >= 11 is 0. The van der Waals surface area contributed by atoms with E-state index >= 15 is 0 Å². The lowest BCUT2D eigenvalue weighted by atomic mass is 10.1. The lowest BCUT2D eigenvalue weighted by molar-refractivity contribution is -0.141. The molecule has 1 aromatic rings. The van der Waals surface area contributed by atoms with Crippen molar-refractivity contribution in [2.45, 2.75) is 19.4 Å². The average Bonchev–Trinajstić information content (AvgIpc) is 2.36. The number of pyridine rings is 1. The third-order valence-electron chi connectivity index (χ3n) is 2.44. The van der Waals surface area contributed by atoms with Crippen molar-refractivity contribution in [2.75, 3.05) is 14.2 Å². The predicted molar refractivity (Wildman–Crippen MR) is 66.3 cm³/mol. The van der Waals surface area contributed by atoms with Crippen LogP contribution in [0.5, 0.6) is 11.5 Å². The maximum atomic E-state index is 11.1. The van der Waals surface area contributed by atoms with Crippen molar-refractivity contribution in [3.05, 3.63) is 18.0 Å². The molecule has 0 aromatic carbocycles. The number of hydrogen-bond donors (Lipinski definition) is 2. The van der Waals surface area contributed by atoms with Crippen molar-refractivity contribution in [1.29, 1.82) is 0 Å². The molecule has 0 bridgehead atoms. The molecule has 1 amide bonds. The van der Waals surface area contributed by atoms with Crippen LogP contribution < -0.4 is 14.8 Å². The van der Waals surface area contributed by atoms with Crippen LogP contribution in [-0.4, -0.2) is 42.2 Å². The molecule has 0 aliphatic carbocycles. The van der Waals surface area contributed by atoms with Gasteiger partial charge in [-0.05, 0) is 0 Å². The Kier molecular flexibility index (Phi) is 5.11. The minimum absolute atomic E-state index is 0.00921. The van der Waals surface area contributed by atoms with Gasteiger partial charge in [-0.15, -0.1) is 0 Å². The van der Waals surface area contributed by atoms with Crippen LogP contribution >= 0.6 is 0 Å². The number of carboxylic acids is 1. The van der Waals surface area contributed by atoms with Gasteiger partial charge in [0.1, 0.15) is 6.04 Å². The van der Waals surface area contributed by atoms with E-state index in [4.69, 9.17) is 14.6 Å². The summed E-state index contributed by atoms with van der Waals surface area (Å²) in [6, 6.07) is 0.544. The first-order valence-corrected chi connectivity index (χ1v) is 5.55. The predicted octanol–water partition coefficient (Wildman–Crippen LogP) is 0.231. The van der Waals surface area contributed by atoms with Crippen LogP contribution in [0.4, 0.5) is 0 Å². The van der Waals surface area contributed by atoms with Gasteiger partial charge in [-0.2, -0.15) is 0 Å². The molecule has 0 fully saturated rings. The normalized spacial score (nSPS) is 11.5. The SMILES string of the molecule is COc1ccnc(CC(NC(C)=O)C(=O)O)c1OC. The summed E-state index contributed by atoms with van der Waals surface area (Å²) in [5, 5.41) is 11.4. The topological polar surface area (TPSA) is 97.8 Å². The van der Waals surface area contributed by atoms with E-state index in [0.29, 0.717) is 17.2 Å². The fourth-order valence-corrected chi connectivity index (χ4v) is 1.63. The number of hydrogen-bond acceptors (Lipinski definition) is 5. The number of carboxylic acid groups (broad SMARTS) is 1. The van der Waals surface area contributed by atoms with E-state index in [-0.39, 0.29) is 6.42 Å². The van der Waals surface area contributed by atoms with Crippen molar-refractivity contribution in [3.63, 3.8) is 0 Å². The molecule has 1 unspecified atom stereocenters. The average molecular weight is 268 g/mol. The number of nitrogens with one attached hydrogen (secondary N) is 1. The number of ether oxygens (including phenoxy) is 2. The number of aromatic nitrogens is 1. The number of carbonyl (C=O) groups excluding carboxylic acids is 1. The molecule has 1 rings (SSSR count). The molecule has 2 N–H and O–H groups in total. The molecular formula is C12H16N2O5. The van der Waals surface area contributed by atoms with Crippen molar-refractivity contribution in [2.24, 2.45) is 0 Å². The molecule has 0 spiro atoms. The Balaban J connectivity index is 3.02. The van der Waals surface area contributed by atoms with Gasteiger partial charge < -0.3 is 19.9 Å². The minimum Gasteiger partial charge on any atom is -0.493 e. The van der Waals surface area contributed by atoms with E-state index < -0.39 is 17.9 Å². The lowest BCUT2D eigenvalue weighted by Gasteiger charge is -2.16. The number of aliphatic carboxylic acids is 1. The first-order chi connectivity index (χ1) is 8.99. The van der Waals surface area contributed by atoms with Crippen LogP contribution in [0.25, 0.3) is 0 Å². The molecule has 0 aliphatic rings. The molecule has 19 heavy (non-hydrogen) atoms. The van der Waals surface area contributed by atoms with Crippen molar-refractivity contribution >= 4 is 11.9 Å². The standard InChI is InChI=1S/C12H16N2O5/c1-7(15)14-9(12(16)17)6-8-11(19-3)10(18-2)4-5-13-8/h4-5,9H,6H2,1-3H3,(H,14,15)(H,16,17).